The van der Waals surface area contributed by atoms with Crippen LogP contribution in [0.15, 0.2) is 0 Å². The first-order valence-electron chi connectivity index (χ1n) is 7.03. The third kappa shape index (κ3) is 2.52. The highest BCUT2D eigenvalue weighted by atomic mass is 28.4. The van der Waals surface area contributed by atoms with Gasteiger partial charge in [-0.1, -0.05) is 34.1 Å². The van der Waals surface area contributed by atoms with Crippen molar-refractivity contribution in [3.8, 4) is 0 Å². The van der Waals surface area contributed by atoms with Gasteiger partial charge < -0.3 is 10.2 Å². The van der Waals surface area contributed by atoms with Gasteiger partial charge in [-0.25, -0.2) is 0 Å². The lowest BCUT2D eigenvalue weighted by Crippen LogP contribution is -2.59. The van der Waals surface area contributed by atoms with Crippen molar-refractivity contribution in [2.24, 2.45) is 5.73 Å². The molecule has 0 aromatic carbocycles. The summed E-state index contributed by atoms with van der Waals surface area (Å²) in [7, 11) is -1.45. The van der Waals surface area contributed by atoms with Crippen LogP contribution in [0.25, 0.3) is 0 Å². The van der Waals surface area contributed by atoms with E-state index in [1.165, 1.54) is 31.0 Å². The molecule has 0 radical (unpaired) electrons. The van der Waals surface area contributed by atoms with Crippen LogP contribution in [0.1, 0.15) is 53.4 Å². The van der Waals surface area contributed by atoms with Crippen LogP contribution in [-0.2, 0) is 4.43 Å². The van der Waals surface area contributed by atoms with Gasteiger partial charge in [0.25, 0.3) is 0 Å². The molecule has 96 valence electrons. The second kappa shape index (κ2) is 5.65. The van der Waals surface area contributed by atoms with E-state index >= 15 is 0 Å². The highest BCUT2D eigenvalue weighted by molar-refractivity contribution is 6.73. The Morgan fingerprint density at radius 2 is 1.88 bits per heavy atom. The molecule has 1 aliphatic heterocycles. The zero-order valence-corrected chi connectivity index (χ0v) is 12.5. The minimum absolute atomic E-state index is 0.00520. The summed E-state index contributed by atoms with van der Waals surface area (Å²) in [6, 6.07) is 4.07. The molecule has 1 aliphatic rings. The van der Waals surface area contributed by atoms with Crippen LogP contribution in [-0.4, -0.2) is 20.0 Å². The standard InChI is InChI=1S/C13H29NOSi/c1-5-12(14)13(6-2)10-9-11-16(7-3,8-4)15-13/h12H,5-11,14H2,1-4H3. The minimum Gasteiger partial charge on any atom is -0.410 e. The molecule has 0 amide bonds. The molecular formula is C13H29NOSi. The van der Waals surface area contributed by atoms with Crippen LogP contribution in [0.2, 0.25) is 18.1 Å². The number of hydrogen-bond donors (Lipinski definition) is 1. The Morgan fingerprint density at radius 1 is 1.25 bits per heavy atom. The predicted octanol–water partition coefficient (Wildman–Crippen LogP) is 3.67. The summed E-state index contributed by atoms with van der Waals surface area (Å²) in [5.74, 6) is 0. The second-order valence-corrected chi connectivity index (χ2v) is 9.76. The molecule has 0 aromatic rings. The Kier molecular flexibility index (Phi) is 5.01. The van der Waals surface area contributed by atoms with E-state index in [1.54, 1.807) is 0 Å². The molecule has 3 heteroatoms. The number of rotatable bonds is 5. The summed E-state index contributed by atoms with van der Waals surface area (Å²) in [5, 5.41) is 0. The maximum absolute atomic E-state index is 6.68. The van der Waals surface area contributed by atoms with Gasteiger partial charge >= 0.3 is 0 Å². The van der Waals surface area contributed by atoms with Crippen molar-refractivity contribution < 1.29 is 4.43 Å². The summed E-state index contributed by atoms with van der Waals surface area (Å²) in [5.41, 5.74) is 6.33. The molecule has 1 fully saturated rings. The summed E-state index contributed by atoms with van der Waals surface area (Å²) in [6.45, 7) is 9.03. The lowest BCUT2D eigenvalue weighted by Gasteiger charge is -2.49. The maximum atomic E-state index is 6.68. The summed E-state index contributed by atoms with van der Waals surface area (Å²) >= 11 is 0. The molecule has 2 unspecified atom stereocenters. The Balaban J connectivity index is 2.87. The van der Waals surface area contributed by atoms with Crippen molar-refractivity contribution >= 4 is 8.32 Å². The zero-order chi connectivity index (χ0) is 12.2. The Labute approximate surface area is 102 Å². The van der Waals surface area contributed by atoms with E-state index in [-0.39, 0.29) is 11.6 Å². The maximum Gasteiger partial charge on any atom is 0.193 e. The summed E-state index contributed by atoms with van der Waals surface area (Å²) < 4.78 is 6.68. The largest absolute Gasteiger partial charge is 0.410 e. The molecule has 0 bridgehead atoms. The van der Waals surface area contributed by atoms with Crippen LogP contribution < -0.4 is 5.73 Å². The zero-order valence-electron chi connectivity index (χ0n) is 11.5. The van der Waals surface area contributed by atoms with Gasteiger partial charge in [0.2, 0.25) is 0 Å². The molecule has 2 N–H and O–H groups in total. The van der Waals surface area contributed by atoms with E-state index in [4.69, 9.17) is 10.2 Å². The van der Waals surface area contributed by atoms with E-state index in [9.17, 15) is 0 Å². The van der Waals surface area contributed by atoms with Gasteiger partial charge in [-0.3, -0.25) is 0 Å². The average Bonchev–Trinajstić information content (AvgIpc) is 2.37. The van der Waals surface area contributed by atoms with Crippen LogP contribution in [0.3, 0.4) is 0 Å². The van der Waals surface area contributed by atoms with Crippen LogP contribution in [0, 0.1) is 0 Å². The van der Waals surface area contributed by atoms with Gasteiger partial charge in [0.15, 0.2) is 8.32 Å². The van der Waals surface area contributed by atoms with Crippen molar-refractivity contribution in [3.05, 3.63) is 0 Å². The lowest BCUT2D eigenvalue weighted by atomic mass is 9.86. The third-order valence-corrected chi connectivity index (χ3v) is 9.34. The fraction of sp³-hybridized carbons (Fsp3) is 1.00. The first kappa shape index (κ1) is 14.2. The van der Waals surface area contributed by atoms with Gasteiger partial charge in [0.1, 0.15) is 0 Å². The van der Waals surface area contributed by atoms with Gasteiger partial charge in [-0.05, 0) is 37.4 Å². The Bertz CT molecular complexity index is 218. The minimum atomic E-state index is -1.45. The number of hydrogen-bond acceptors (Lipinski definition) is 2. The van der Waals surface area contributed by atoms with E-state index in [0.29, 0.717) is 0 Å². The van der Waals surface area contributed by atoms with Crippen molar-refractivity contribution in [1.29, 1.82) is 0 Å². The van der Waals surface area contributed by atoms with Gasteiger partial charge in [-0.15, -0.1) is 0 Å². The first-order chi connectivity index (χ1) is 7.58. The molecule has 1 rings (SSSR count). The molecule has 0 spiro atoms. The first-order valence-corrected chi connectivity index (χ1v) is 9.56. The van der Waals surface area contributed by atoms with Crippen LogP contribution >= 0.6 is 0 Å². The van der Waals surface area contributed by atoms with E-state index in [1.807, 2.05) is 0 Å². The second-order valence-electron chi connectivity index (χ2n) is 5.28. The Morgan fingerprint density at radius 3 is 2.31 bits per heavy atom. The third-order valence-electron chi connectivity index (χ3n) is 4.65. The Hall–Kier alpha value is 0.137. The normalized spacial score (nSPS) is 31.3. The molecule has 1 heterocycles. The van der Waals surface area contributed by atoms with E-state index < -0.39 is 8.32 Å². The van der Waals surface area contributed by atoms with Crippen molar-refractivity contribution in [2.75, 3.05) is 0 Å². The summed E-state index contributed by atoms with van der Waals surface area (Å²) in [6.07, 6.45) is 4.62. The molecule has 0 saturated carbocycles. The highest BCUT2D eigenvalue weighted by Gasteiger charge is 2.46. The topological polar surface area (TPSA) is 35.2 Å². The van der Waals surface area contributed by atoms with Crippen molar-refractivity contribution in [2.45, 2.75) is 83.2 Å². The average molecular weight is 243 g/mol. The quantitative estimate of drug-likeness (QED) is 0.748. The van der Waals surface area contributed by atoms with Gasteiger partial charge in [0.05, 0.1) is 5.60 Å². The van der Waals surface area contributed by atoms with Crippen molar-refractivity contribution in [1.82, 2.24) is 0 Å². The van der Waals surface area contributed by atoms with Crippen molar-refractivity contribution in [3.63, 3.8) is 0 Å². The van der Waals surface area contributed by atoms with Crippen LogP contribution in [0.4, 0.5) is 0 Å². The predicted molar refractivity (Wildman–Crippen MR) is 73.1 cm³/mol. The molecular weight excluding hydrogens is 214 g/mol. The number of nitrogens with two attached hydrogens (primary N) is 1. The van der Waals surface area contributed by atoms with Gasteiger partial charge in [0, 0.05) is 6.04 Å². The highest BCUT2D eigenvalue weighted by Crippen LogP contribution is 2.41. The monoisotopic (exact) mass is 243 g/mol. The fourth-order valence-corrected chi connectivity index (χ4v) is 6.81. The molecule has 2 nitrogen and oxygen atoms in total. The van der Waals surface area contributed by atoms with E-state index in [2.05, 4.69) is 27.7 Å². The SMILES string of the molecule is CCC(N)C1(CC)CCC[Si](CC)(CC)O1. The van der Waals surface area contributed by atoms with Crippen LogP contribution in [0.5, 0.6) is 0 Å². The molecule has 1 saturated heterocycles. The summed E-state index contributed by atoms with van der Waals surface area (Å²) in [4.78, 5) is 0. The lowest BCUT2D eigenvalue weighted by molar-refractivity contribution is 0.00182. The smallest absolute Gasteiger partial charge is 0.193 e. The fourth-order valence-electron chi connectivity index (χ4n) is 3.14. The molecule has 0 aliphatic carbocycles. The molecule has 16 heavy (non-hydrogen) atoms. The van der Waals surface area contributed by atoms with Gasteiger partial charge in [-0.2, -0.15) is 0 Å². The van der Waals surface area contributed by atoms with E-state index in [0.717, 1.165) is 12.8 Å². The molecule has 0 aromatic heterocycles. The molecule has 2 atom stereocenters.